The third-order valence-corrected chi connectivity index (χ3v) is 6.30. The van der Waals surface area contributed by atoms with E-state index in [1.54, 1.807) is 30.5 Å². The van der Waals surface area contributed by atoms with Gasteiger partial charge < -0.3 is 8.92 Å². The fraction of sp³-hybridized carbons (Fsp3) is 0.174. The van der Waals surface area contributed by atoms with E-state index in [0.29, 0.717) is 4.47 Å². The van der Waals surface area contributed by atoms with Gasteiger partial charge >= 0.3 is 10.1 Å². The van der Waals surface area contributed by atoms with E-state index in [2.05, 4.69) is 20.9 Å². The van der Waals surface area contributed by atoms with Gasteiger partial charge in [-0.05, 0) is 83.7 Å². The second kappa shape index (κ2) is 9.02. The summed E-state index contributed by atoms with van der Waals surface area (Å²) in [6, 6.07) is 15.9. The van der Waals surface area contributed by atoms with Crippen molar-refractivity contribution in [2.75, 3.05) is 7.11 Å². The number of rotatable bonds is 6. The van der Waals surface area contributed by atoms with Crippen molar-refractivity contribution in [1.29, 1.82) is 0 Å². The molecule has 0 atom stereocenters. The lowest BCUT2D eigenvalue weighted by molar-refractivity contribution is 0.389. The summed E-state index contributed by atoms with van der Waals surface area (Å²) in [5, 5.41) is 0. The number of methoxy groups -OCH3 is 1. The predicted molar refractivity (Wildman–Crippen MR) is 123 cm³/mol. The van der Waals surface area contributed by atoms with E-state index in [4.69, 9.17) is 8.92 Å². The highest BCUT2D eigenvalue weighted by Crippen LogP contribution is 2.38. The lowest BCUT2D eigenvalue weighted by atomic mass is 10.1. The van der Waals surface area contributed by atoms with Crippen LogP contribution in [-0.2, 0) is 10.1 Å². The van der Waals surface area contributed by atoms with Crippen molar-refractivity contribution in [2.24, 2.45) is 4.99 Å². The van der Waals surface area contributed by atoms with Gasteiger partial charge in [-0.1, -0.05) is 29.8 Å². The van der Waals surface area contributed by atoms with Crippen molar-refractivity contribution in [3.63, 3.8) is 0 Å². The number of ether oxygens (including phenoxy) is 1. The molecule has 5 nitrogen and oxygen atoms in total. The molecule has 0 aliphatic carbocycles. The molecular weight excluding hydrogens is 466 g/mol. The molecule has 0 saturated carbocycles. The Morgan fingerprint density at radius 1 is 0.933 bits per heavy atom. The van der Waals surface area contributed by atoms with Gasteiger partial charge in [-0.3, -0.25) is 4.99 Å². The average Bonchev–Trinajstić information content (AvgIpc) is 2.70. The number of aryl methyl sites for hydroxylation is 3. The van der Waals surface area contributed by atoms with Crippen molar-refractivity contribution in [2.45, 2.75) is 25.7 Å². The molecule has 0 aromatic heterocycles. The smallest absolute Gasteiger partial charge is 0.339 e. The average molecular weight is 488 g/mol. The summed E-state index contributed by atoms with van der Waals surface area (Å²) in [4.78, 5) is 4.62. The van der Waals surface area contributed by atoms with E-state index in [0.717, 1.165) is 27.9 Å². The Labute approximate surface area is 185 Å². The molecular formula is C23H22BrNO4S. The molecule has 0 spiro atoms. The van der Waals surface area contributed by atoms with Crippen molar-refractivity contribution >= 4 is 38.0 Å². The van der Waals surface area contributed by atoms with Crippen LogP contribution in [0.4, 0.5) is 5.69 Å². The Morgan fingerprint density at radius 3 is 2.27 bits per heavy atom. The number of hydrogen-bond acceptors (Lipinski definition) is 5. The molecule has 0 N–H and O–H groups in total. The molecule has 156 valence electrons. The van der Waals surface area contributed by atoms with E-state index >= 15 is 0 Å². The predicted octanol–water partition coefficient (Wildman–Crippen LogP) is 5.90. The van der Waals surface area contributed by atoms with E-state index in [9.17, 15) is 8.42 Å². The van der Waals surface area contributed by atoms with Crippen molar-refractivity contribution in [1.82, 2.24) is 0 Å². The second-order valence-electron chi connectivity index (χ2n) is 6.93. The highest BCUT2D eigenvalue weighted by atomic mass is 79.9. The fourth-order valence-corrected chi connectivity index (χ4v) is 4.37. The molecule has 3 rings (SSSR count). The van der Waals surface area contributed by atoms with Crippen LogP contribution in [0.2, 0.25) is 0 Å². The van der Waals surface area contributed by atoms with Crippen molar-refractivity contribution in [3.8, 4) is 11.5 Å². The van der Waals surface area contributed by atoms with Crippen LogP contribution in [-0.4, -0.2) is 21.7 Å². The summed E-state index contributed by atoms with van der Waals surface area (Å²) in [6.07, 6.45) is 1.70. The Hall–Kier alpha value is -2.64. The Morgan fingerprint density at radius 2 is 1.60 bits per heavy atom. The van der Waals surface area contributed by atoms with Crippen molar-refractivity contribution in [3.05, 3.63) is 81.3 Å². The molecule has 7 heteroatoms. The zero-order chi connectivity index (χ0) is 21.9. The van der Waals surface area contributed by atoms with Crippen LogP contribution < -0.4 is 8.92 Å². The maximum absolute atomic E-state index is 12.7. The van der Waals surface area contributed by atoms with Gasteiger partial charge in [-0.25, -0.2) is 0 Å². The third kappa shape index (κ3) is 5.09. The molecule has 0 radical (unpaired) electrons. The minimum Gasteiger partial charge on any atom is -0.493 e. The Kier molecular flexibility index (Phi) is 6.63. The van der Waals surface area contributed by atoms with Crippen LogP contribution in [0.3, 0.4) is 0 Å². The first-order valence-electron chi connectivity index (χ1n) is 9.19. The molecule has 0 heterocycles. The number of aliphatic imine (C=N–C) groups is 1. The minimum absolute atomic E-state index is 0.0719. The normalized spacial score (nSPS) is 11.6. The first kappa shape index (κ1) is 22.1. The Balaban J connectivity index is 1.93. The van der Waals surface area contributed by atoms with Crippen LogP contribution >= 0.6 is 15.9 Å². The van der Waals surface area contributed by atoms with Gasteiger partial charge in [0.25, 0.3) is 0 Å². The SMILES string of the molecule is COc1cc(C=Nc2cc(C)ccc2C)cc(Br)c1OS(=O)(=O)c1ccc(C)cc1. The standard InChI is InChI=1S/C23H22BrNO4S/c1-15-6-9-19(10-7-15)30(26,27)29-23-20(24)12-18(13-22(23)28-4)14-25-21-11-16(2)5-8-17(21)3/h5-14H,1-4H3. The van der Waals surface area contributed by atoms with E-state index in [-0.39, 0.29) is 16.4 Å². The first-order valence-corrected chi connectivity index (χ1v) is 11.4. The van der Waals surface area contributed by atoms with Crippen LogP contribution in [0, 0.1) is 20.8 Å². The van der Waals surface area contributed by atoms with E-state index in [1.165, 1.54) is 19.2 Å². The fourth-order valence-electron chi connectivity index (χ4n) is 2.76. The van der Waals surface area contributed by atoms with Gasteiger partial charge in [0.1, 0.15) is 4.90 Å². The minimum atomic E-state index is -4.01. The molecule has 0 amide bonds. The van der Waals surface area contributed by atoms with Gasteiger partial charge in [-0.15, -0.1) is 0 Å². The molecule has 0 unspecified atom stereocenters. The lowest BCUT2D eigenvalue weighted by Crippen LogP contribution is -2.11. The summed E-state index contributed by atoms with van der Waals surface area (Å²) in [5.41, 5.74) is 4.75. The van der Waals surface area contributed by atoms with Crippen LogP contribution in [0.15, 0.2) is 69.0 Å². The summed E-state index contributed by atoms with van der Waals surface area (Å²) >= 11 is 3.40. The van der Waals surface area contributed by atoms with Gasteiger partial charge in [0.15, 0.2) is 11.5 Å². The molecule has 3 aromatic rings. The zero-order valence-electron chi connectivity index (χ0n) is 17.1. The second-order valence-corrected chi connectivity index (χ2v) is 9.33. The maximum atomic E-state index is 12.7. The quantitative estimate of drug-likeness (QED) is 0.320. The highest BCUT2D eigenvalue weighted by Gasteiger charge is 2.21. The molecule has 30 heavy (non-hydrogen) atoms. The lowest BCUT2D eigenvalue weighted by Gasteiger charge is -2.13. The maximum Gasteiger partial charge on any atom is 0.339 e. The van der Waals surface area contributed by atoms with Gasteiger partial charge in [0.2, 0.25) is 0 Å². The molecule has 0 aliphatic heterocycles. The number of nitrogens with zero attached hydrogens (tertiary/aromatic N) is 1. The number of halogens is 1. The van der Waals surface area contributed by atoms with Gasteiger partial charge in [-0.2, -0.15) is 8.42 Å². The Bertz CT molecular complexity index is 1200. The van der Waals surface area contributed by atoms with E-state index in [1.807, 2.05) is 39.0 Å². The van der Waals surface area contributed by atoms with Crippen LogP contribution in [0.25, 0.3) is 0 Å². The molecule has 3 aromatic carbocycles. The molecule has 0 bridgehead atoms. The molecule has 0 fully saturated rings. The zero-order valence-corrected chi connectivity index (χ0v) is 19.5. The summed E-state index contributed by atoms with van der Waals surface area (Å²) in [5.74, 6) is 0.365. The number of hydrogen-bond donors (Lipinski definition) is 0. The van der Waals surface area contributed by atoms with Crippen LogP contribution in [0.5, 0.6) is 11.5 Å². The largest absolute Gasteiger partial charge is 0.493 e. The van der Waals surface area contributed by atoms with E-state index < -0.39 is 10.1 Å². The molecule has 0 saturated heterocycles. The van der Waals surface area contributed by atoms with Gasteiger partial charge in [0, 0.05) is 6.21 Å². The highest BCUT2D eigenvalue weighted by molar-refractivity contribution is 9.10. The summed E-state index contributed by atoms with van der Waals surface area (Å²) < 4.78 is 36.6. The summed E-state index contributed by atoms with van der Waals surface area (Å²) in [7, 11) is -2.55. The monoisotopic (exact) mass is 487 g/mol. The third-order valence-electron chi connectivity index (χ3n) is 4.47. The number of benzene rings is 3. The summed E-state index contributed by atoms with van der Waals surface area (Å²) in [6.45, 7) is 5.89. The van der Waals surface area contributed by atoms with Gasteiger partial charge in [0.05, 0.1) is 17.3 Å². The van der Waals surface area contributed by atoms with Crippen LogP contribution in [0.1, 0.15) is 22.3 Å². The first-order chi connectivity index (χ1) is 14.2. The topological polar surface area (TPSA) is 65.0 Å². The molecule has 0 aliphatic rings. The van der Waals surface area contributed by atoms with Crippen molar-refractivity contribution < 1.29 is 17.3 Å².